The number of aromatic amines is 1. The van der Waals surface area contributed by atoms with Crippen LogP contribution in [0.4, 0.5) is 27.7 Å². The molecule has 1 aromatic carbocycles. The van der Waals surface area contributed by atoms with Crippen molar-refractivity contribution in [3.63, 3.8) is 0 Å². The van der Waals surface area contributed by atoms with Crippen LogP contribution in [-0.2, 0) is 9.47 Å². The van der Waals surface area contributed by atoms with E-state index in [1.54, 1.807) is 43.1 Å². The molecular weight excluding hydrogens is 452 g/mol. The summed E-state index contributed by atoms with van der Waals surface area (Å²) >= 11 is 0. The van der Waals surface area contributed by atoms with Crippen LogP contribution in [0.5, 0.6) is 0 Å². The number of carbonyl (C=O) groups is 2. The van der Waals surface area contributed by atoms with Gasteiger partial charge in [-0.3, -0.25) is 20.2 Å². The Morgan fingerprint density at radius 1 is 1.29 bits per heavy atom. The summed E-state index contributed by atoms with van der Waals surface area (Å²) in [4.78, 5) is 49.7. The minimum atomic E-state index is -1.05. The van der Waals surface area contributed by atoms with Gasteiger partial charge in [0.2, 0.25) is 0 Å². The Balaban J connectivity index is 2.15. The number of benzene rings is 1. The number of pyridine rings is 1. The van der Waals surface area contributed by atoms with Gasteiger partial charge in [0.1, 0.15) is 11.5 Å². The first-order chi connectivity index (χ1) is 16.2. The van der Waals surface area contributed by atoms with Gasteiger partial charge >= 0.3 is 23.3 Å². The van der Waals surface area contributed by atoms with Gasteiger partial charge in [-0.1, -0.05) is 5.16 Å². The number of oxime groups is 1. The second kappa shape index (κ2) is 11.8. The number of anilines is 3. The van der Waals surface area contributed by atoms with Crippen molar-refractivity contribution in [1.82, 2.24) is 4.98 Å². The number of amides is 1. The number of methoxy groups -OCH3 is 1. The van der Waals surface area contributed by atoms with Gasteiger partial charge in [0.15, 0.2) is 0 Å². The lowest BCUT2D eigenvalue weighted by Gasteiger charge is -2.20. The molecule has 0 bridgehead atoms. The standard InChI is InChI=1S/C20H24N6O8/c1-4-34-20(29)23-16-9-15(17(26(31)32)18(27)22-16)21-10-13(24-30)11-25(2)14-7-5-12(6-8-14)19(28)33-3/h5-9,30H,4,10-11H2,1-3H3,(H3,21,22,23,27,29)/b24-13+. The van der Waals surface area contributed by atoms with Crippen molar-refractivity contribution in [3.8, 4) is 0 Å². The molecule has 1 amide bonds. The quantitative estimate of drug-likeness (QED) is 0.130. The number of aromatic nitrogens is 1. The summed E-state index contributed by atoms with van der Waals surface area (Å²) in [5.74, 6) is -0.603. The Morgan fingerprint density at radius 3 is 2.53 bits per heavy atom. The number of ether oxygens (including phenoxy) is 2. The number of hydrogen-bond donors (Lipinski definition) is 4. The Hall–Kier alpha value is -4.62. The maximum Gasteiger partial charge on any atom is 0.412 e. The molecule has 182 valence electrons. The minimum absolute atomic E-state index is 0.0867. The number of hydrogen-bond acceptors (Lipinski definition) is 11. The van der Waals surface area contributed by atoms with Crippen LogP contribution >= 0.6 is 0 Å². The molecule has 0 unspecified atom stereocenters. The molecule has 0 saturated carbocycles. The number of nitrogens with one attached hydrogen (secondary N) is 3. The van der Waals surface area contributed by atoms with Crippen LogP contribution < -0.4 is 21.1 Å². The maximum atomic E-state index is 12.2. The van der Waals surface area contributed by atoms with Crippen LogP contribution in [0.25, 0.3) is 0 Å². The molecular formula is C20H24N6O8. The maximum absolute atomic E-state index is 12.2. The Bertz CT molecular complexity index is 1130. The first kappa shape index (κ1) is 25.6. The van der Waals surface area contributed by atoms with E-state index in [1.807, 2.05) is 0 Å². The van der Waals surface area contributed by atoms with Crippen molar-refractivity contribution in [2.24, 2.45) is 5.16 Å². The summed E-state index contributed by atoms with van der Waals surface area (Å²) in [5, 5.41) is 28.9. The fraction of sp³-hybridized carbons (Fsp3) is 0.300. The third-order valence-corrected chi connectivity index (χ3v) is 4.47. The van der Waals surface area contributed by atoms with E-state index in [4.69, 9.17) is 4.74 Å². The first-order valence-electron chi connectivity index (χ1n) is 9.88. The number of H-pyrrole nitrogens is 1. The highest BCUT2D eigenvalue weighted by Gasteiger charge is 2.22. The molecule has 0 radical (unpaired) electrons. The molecule has 0 aliphatic carbocycles. The predicted octanol–water partition coefficient (Wildman–Crippen LogP) is 2.02. The second-order valence-electron chi connectivity index (χ2n) is 6.79. The van der Waals surface area contributed by atoms with Gasteiger partial charge in [0.05, 0.1) is 43.0 Å². The van der Waals surface area contributed by atoms with Crippen LogP contribution in [0, 0.1) is 10.1 Å². The normalized spacial score (nSPS) is 10.9. The monoisotopic (exact) mass is 476 g/mol. The second-order valence-corrected chi connectivity index (χ2v) is 6.79. The summed E-state index contributed by atoms with van der Waals surface area (Å²) in [6.07, 6.45) is -0.851. The zero-order valence-corrected chi connectivity index (χ0v) is 18.7. The molecule has 2 aromatic rings. The number of nitro groups is 1. The van der Waals surface area contributed by atoms with Crippen molar-refractivity contribution in [3.05, 3.63) is 56.4 Å². The van der Waals surface area contributed by atoms with Gasteiger partial charge in [-0.25, -0.2) is 9.59 Å². The van der Waals surface area contributed by atoms with Crippen molar-refractivity contribution in [2.75, 3.05) is 49.4 Å². The molecule has 0 spiro atoms. The average Bonchev–Trinajstić information content (AvgIpc) is 2.80. The lowest BCUT2D eigenvalue weighted by atomic mass is 10.2. The van der Waals surface area contributed by atoms with Gasteiger partial charge in [-0.15, -0.1) is 0 Å². The van der Waals surface area contributed by atoms with Gasteiger partial charge in [-0.2, -0.15) is 0 Å². The third kappa shape index (κ3) is 6.69. The first-order valence-corrected chi connectivity index (χ1v) is 9.88. The fourth-order valence-electron chi connectivity index (χ4n) is 2.87. The molecule has 0 saturated heterocycles. The van der Waals surface area contributed by atoms with Crippen molar-refractivity contribution in [2.45, 2.75) is 6.92 Å². The molecule has 1 aromatic heterocycles. The smallest absolute Gasteiger partial charge is 0.412 e. The summed E-state index contributed by atoms with van der Waals surface area (Å²) in [6.45, 7) is 1.62. The lowest BCUT2D eigenvalue weighted by molar-refractivity contribution is -0.385. The zero-order valence-electron chi connectivity index (χ0n) is 18.7. The molecule has 4 N–H and O–H groups in total. The molecule has 14 nitrogen and oxygen atoms in total. The van der Waals surface area contributed by atoms with Crippen LogP contribution in [0.2, 0.25) is 0 Å². The van der Waals surface area contributed by atoms with Gasteiger partial charge < -0.3 is 29.9 Å². The van der Waals surface area contributed by atoms with Crippen LogP contribution in [-0.4, -0.2) is 66.7 Å². The van der Waals surface area contributed by atoms with Crippen LogP contribution in [0.3, 0.4) is 0 Å². The molecule has 0 atom stereocenters. The van der Waals surface area contributed by atoms with Crippen LogP contribution in [0.1, 0.15) is 17.3 Å². The van der Waals surface area contributed by atoms with Gasteiger partial charge in [0, 0.05) is 18.8 Å². The lowest BCUT2D eigenvalue weighted by Crippen LogP contribution is -2.30. The summed E-state index contributed by atoms with van der Waals surface area (Å²) in [5.41, 5.74) is -0.797. The molecule has 0 aliphatic heterocycles. The molecule has 14 heteroatoms. The highest BCUT2D eigenvalue weighted by Crippen LogP contribution is 2.22. The zero-order chi connectivity index (χ0) is 25.3. The highest BCUT2D eigenvalue weighted by atomic mass is 16.6. The van der Waals surface area contributed by atoms with E-state index in [9.17, 15) is 29.7 Å². The summed E-state index contributed by atoms with van der Waals surface area (Å²) in [6, 6.07) is 7.64. The number of esters is 1. The fourth-order valence-corrected chi connectivity index (χ4v) is 2.87. The van der Waals surface area contributed by atoms with Gasteiger partial charge in [-0.05, 0) is 31.2 Å². The van der Waals surface area contributed by atoms with Crippen molar-refractivity contribution < 1.29 is 29.2 Å². The topological polar surface area (TPSA) is 188 Å². The SMILES string of the molecule is CCOC(=O)Nc1cc(NC/C(CN(C)c2ccc(C(=O)OC)cc2)=N\O)c([N+](=O)[O-])c(=O)[nH]1. The number of nitrogens with zero attached hydrogens (tertiary/aromatic N) is 3. The average molecular weight is 476 g/mol. The van der Waals surface area contributed by atoms with E-state index in [2.05, 4.69) is 25.5 Å². The van der Waals surface area contributed by atoms with E-state index in [-0.39, 0.29) is 36.9 Å². The van der Waals surface area contributed by atoms with E-state index < -0.39 is 28.2 Å². The molecule has 0 fully saturated rings. The van der Waals surface area contributed by atoms with E-state index in [1.165, 1.54) is 7.11 Å². The predicted molar refractivity (Wildman–Crippen MR) is 123 cm³/mol. The Kier molecular flexibility index (Phi) is 8.93. The van der Waals surface area contributed by atoms with E-state index >= 15 is 0 Å². The Labute approximate surface area is 193 Å². The van der Waals surface area contributed by atoms with Gasteiger partial charge in [0.25, 0.3) is 0 Å². The Morgan fingerprint density at radius 2 is 1.97 bits per heavy atom. The third-order valence-electron chi connectivity index (χ3n) is 4.47. The highest BCUT2D eigenvalue weighted by molar-refractivity contribution is 5.93. The van der Waals surface area contributed by atoms with E-state index in [0.717, 1.165) is 6.07 Å². The molecule has 2 rings (SSSR count). The number of rotatable bonds is 10. The van der Waals surface area contributed by atoms with Crippen molar-refractivity contribution >= 4 is 40.7 Å². The van der Waals surface area contributed by atoms with Crippen LogP contribution in [0.15, 0.2) is 40.3 Å². The molecule has 0 aliphatic rings. The molecule has 34 heavy (non-hydrogen) atoms. The summed E-state index contributed by atoms with van der Waals surface area (Å²) in [7, 11) is 2.98. The van der Waals surface area contributed by atoms with E-state index in [0.29, 0.717) is 11.3 Å². The number of carbonyl (C=O) groups excluding carboxylic acids is 2. The minimum Gasteiger partial charge on any atom is -0.465 e. The summed E-state index contributed by atoms with van der Waals surface area (Å²) < 4.78 is 9.38. The van der Waals surface area contributed by atoms with Crippen molar-refractivity contribution in [1.29, 1.82) is 0 Å². The largest absolute Gasteiger partial charge is 0.465 e. The molecule has 1 heterocycles.